The van der Waals surface area contributed by atoms with Crippen LogP contribution < -0.4 is 10.9 Å². The fourth-order valence-corrected chi connectivity index (χ4v) is 1.44. The maximum atomic E-state index is 11.0. The molecule has 0 atom stereocenters. The number of amides is 1. The van der Waals surface area contributed by atoms with E-state index >= 15 is 0 Å². The van der Waals surface area contributed by atoms with Gasteiger partial charge in [-0.25, -0.2) is 5.43 Å². The molecule has 0 aromatic carbocycles. The van der Waals surface area contributed by atoms with E-state index in [1.54, 1.807) is 0 Å². The number of carbonyl (C=O) groups is 1. The second-order valence-corrected chi connectivity index (χ2v) is 3.99. The van der Waals surface area contributed by atoms with E-state index in [0.29, 0.717) is 6.42 Å². The van der Waals surface area contributed by atoms with E-state index in [9.17, 15) is 4.79 Å². The standard InChI is InChI=1S/C12H26N2O/c1-3-5-6-7-8-9-11-13-14-12(15)10-4-2/h13H,3-11H2,1-2H3,(H,14,15). The van der Waals surface area contributed by atoms with Gasteiger partial charge in [-0.2, -0.15) is 0 Å². The molecule has 90 valence electrons. The molecular weight excluding hydrogens is 188 g/mol. The maximum absolute atomic E-state index is 11.0. The van der Waals surface area contributed by atoms with Crippen LogP contribution in [0.25, 0.3) is 0 Å². The number of hydrogen-bond acceptors (Lipinski definition) is 2. The Balaban J connectivity index is 3.01. The zero-order valence-electron chi connectivity index (χ0n) is 10.3. The van der Waals surface area contributed by atoms with E-state index in [-0.39, 0.29) is 5.91 Å². The molecule has 0 aliphatic rings. The Morgan fingerprint density at radius 1 is 0.933 bits per heavy atom. The van der Waals surface area contributed by atoms with Gasteiger partial charge in [-0.3, -0.25) is 10.2 Å². The predicted molar refractivity (Wildman–Crippen MR) is 64.4 cm³/mol. The summed E-state index contributed by atoms with van der Waals surface area (Å²) in [7, 11) is 0. The van der Waals surface area contributed by atoms with E-state index in [1.165, 1.54) is 32.1 Å². The Morgan fingerprint density at radius 2 is 1.60 bits per heavy atom. The summed E-state index contributed by atoms with van der Waals surface area (Å²) < 4.78 is 0. The number of unbranched alkanes of at least 4 members (excludes halogenated alkanes) is 5. The Kier molecular flexibility index (Phi) is 11.1. The molecule has 0 radical (unpaired) electrons. The summed E-state index contributed by atoms with van der Waals surface area (Å²) in [6.45, 7) is 5.12. The molecule has 0 aromatic heterocycles. The van der Waals surface area contributed by atoms with Crippen LogP contribution >= 0.6 is 0 Å². The molecule has 3 heteroatoms. The maximum Gasteiger partial charge on any atom is 0.234 e. The summed E-state index contributed by atoms with van der Waals surface area (Å²) in [4.78, 5) is 11.0. The minimum absolute atomic E-state index is 0.100. The minimum Gasteiger partial charge on any atom is -0.292 e. The highest BCUT2D eigenvalue weighted by molar-refractivity contribution is 5.75. The summed E-state index contributed by atoms with van der Waals surface area (Å²) in [5.74, 6) is 0.100. The number of nitrogens with one attached hydrogen (secondary N) is 2. The highest BCUT2D eigenvalue weighted by Crippen LogP contribution is 2.03. The Morgan fingerprint density at radius 3 is 2.27 bits per heavy atom. The van der Waals surface area contributed by atoms with Crippen LogP contribution in [0.5, 0.6) is 0 Å². The molecule has 0 bridgehead atoms. The average Bonchev–Trinajstić information content (AvgIpc) is 2.22. The van der Waals surface area contributed by atoms with Gasteiger partial charge in [0.15, 0.2) is 0 Å². The van der Waals surface area contributed by atoms with Crippen molar-refractivity contribution in [2.24, 2.45) is 0 Å². The van der Waals surface area contributed by atoms with Gasteiger partial charge >= 0.3 is 0 Å². The van der Waals surface area contributed by atoms with Crippen LogP contribution in [0.4, 0.5) is 0 Å². The van der Waals surface area contributed by atoms with Crippen molar-refractivity contribution in [3.05, 3.63) is 0 Å². The van der Waals surface area contributed by atoms with Crippen LogP contribution in [0.3, 0.4) is 0 Å². The first kappa shape index (κ1) is 14.4. The van der Waals surface area contributed by atoms with Crippen LogP contribution in [0.15, 0.2) is 0 Å². The number of carbonyl (C=O) groups excluding carboxylic acids is 1. The largest absolute Gasteiger partial charge is 0.292 e. The van der Waals surface area contributed by atoms with Gasteiger partial charge in [-0.1, -0.05) is 46.0 Å². The van der Waals surface area contributed by atoms with Gasteiger partial charge in [0.25, 0.3) is 0 Å². The molecule has 2 N–H and O–H groups in total. The second kappa shape index (κ2) is 11.5. The molecule has 15 heavy (non-hydrogen) atoms. The van der Waals surface area contributed by atoms with Crippen molar-refractivity contribution in [3.8, 4) is 0 Å². The molecule has 0 fully saturated rings. The zero-order chi connectivity index (χ0) is 11.4. The van der Waals surface area contributed by atoms with Crippen molar-refractivity contribution in [1.29, 1.82) is 0 Å². The minimum atomic E-state index is 0.100. The summed E-state index contributed by atoms with van der Waals surface area (Å²) in [5.41, 5.74) is 5.66. The van der Waals surface area contributed by atoms with Crippen molar-refractivity contribution in [2.45, 2.75) is 65.2 Å². The number of hydrogen-bond donors (Lipinski definition) is 2. The highest BCUT2D eigenvalue weighted by Gasteiger charge is 1.96. The fraction of sp³-hybridized carbons (Fsp3) is 0.917. The summed E-state index contributed by atoms with van der Waals surface area (Å²) in [5, 5.41) is 0. The molecule has 0 aliphatic carbocycles. The van der Waals surface area contributed by atoms with Crippen LogP contribution in [0.1, 0.15) is 65.2 Å². The Hall–Kier alpha value is -0.570. The van der Waals surface area contributed by atoms with Gasteiger partial charge in [0.05, 0.1) is 0 Å². The lowest BCUT2D eigenvalue weighted by molar-refractivity contribution is -0.122. The van der Waals surface area contributed by atoms with Gasteiger partial charge in [-0.05, 0) is 12.8 Å². The van der Waals surface area contributed by atoms with Crippen LogP contribution in [-0.4, -0.2) is 12.5 Å². The van der Waals surface area contributed by atoms with Gasteiger partial charge in [0.2, 0.25) is 5.91 Å². The Bertz CT molecular complexity index is 149. The summed E-state index contributed by atoms with van der Waals surface area (Å²) in [6, 6.07) is 0. The lowest BCUT2D eigenvalue weighted by Gasteiger charge is -2.06. The first-order valence-electron chi connectivity index (χ1n) is 6.33. The van der Waals surface area contributed by atoms with Crippen molar-refractivity contribution >= 4 is 5.91 Å². The van der Waals surface area contributed by atoms with Crippen molar-refractivity contribution in [3.63, 3.8) is 0 Å². The van der Waals surface area contributed by atoms with Crippen molar-refractivity contribution in [2.75, 3.05) is 6.54 Å². The summed E-state index contributed by atoms with van der Waals surface area (Å²) >= 11 is 0. The lowest BCUT2D eigenvalue weighted by atomic mass is 10.1. The van der Waals surface area contributed by atoms with Crippen LogP contribution in [-0.2, 0) is 4.79 Å². The van der Waals surface area contributed by atoms with Gasteiger partial charge in [0.1, 0.15) is 0 Å². The molecule has 0 aliphatic heterocycles. The second-order valence-electron chi connectivity index (χ2n) is 3.99. The topological polar surface area (TPSA) is 41.1 Å². The smallest absolute Gasteiger partial charge is 0.234 e. The number of rotatable bonds is 10. The third-order valence-corrected chi connectivity index (χ3v) is 2.36. The Labute approximate surface area is 94.0 Å². The number of hydrazine groups is 1. The van der Waals surface area contributed by atoms with Crippen LogP contribution in [0, 0.1) is 0 Å². The fourth-order valence-electron chi connectivity index (χ4n) is 1.44. The molecule has 1 amide bonds. The molecule has 0 heterocycles. The molecule has 0 spiro atoms. The molecule has 0 unspecified atom stereocenters. The summed E-state index contributed by atoms with van der Waals surface area (Å²) in [6.07, 6.45) is 9.24. The highest BCUT2D eigenvalue weighted by atomic mass is 16.2. The normalized spacial score (nSPS) is 10.3. The predicted octanol–water partition coefficient (Wildman–Crippen LogP) is 2.77. The SMILES string of the molecule is CCCCCCCCNNC(=O)CCC. The van der Waals surface area contributed by atoms with Crippen LogP contribution in [0.2, 0.25) is 0 Å². The van der Waals surface area contributed by atoms with Crippen molar-refractivity contribution < 1.29 is 4.79 Å². The average molecular weight is 214 g/mol. The van der Waals surface area contributed by atoms with Gasteiger partial charge < -0.3 is 0 Å². The third kappa shape index (κ3) is 11.4. The van der Waals surface area contributed by atoms with E-state index < -0.39 is 0 Å². The first-order valence-corrected chi connectivity index (χ1v) is 6.33. The molecule has 3 nitrogen and oxygen atoms in total. The van der Waals surface area contributed by atoms with E-state index in [1.807, 2.05) is 6.92 Å². The molecule has 0 rings (SSSR count). The lowest BCUT2D eigenvalue weighted by Crippen LogP contribution is -2.37. The molecular formula is C12H26N2O. The monoisotopic (exact) mass is 214 g/mol. The van der Waals surface area contributed by atoms with Crippen molar-refractivity contribution in [1.82, 2.24) is 10.9 Å². The molecule has 0 aromatic rings. The van der Waals surface area contributed by atoms with Gasteiger partial charge in [-0.15, -0.1) is 0 Å². The quantitative estimate of drug-likeness (QED) is 0.434. The van der Waals surface area contributed by atoms with E-state index in [4.69, 9.17) is 0 Å². The molecule has 0 saturated carbocycles. The first-order chi connectivity index (χ1) is 7.31. The van der Waals surface area contributed by atoms with Gasteiger partial charge in [0, 0.05) is 13.0 Å². The third-order valence-electron chi connectivity index (χ3n) is 2.36. The molecule has 0 saturated heterocycles. The van der Waals surface area contributed by atoms with E-state index in [0.717, 1.165) is 19.4 Å². The zero-order valence-corrected chi connectivity index (χ0v) is 10.3. The van der Waals surface area contributed by atoms with E-state index in [2.05, 4.69) is 17.8 Å².